The maximum absolute atomic E-state index is 13.1. The van der Waals surface area contributed by atoms with Crippen LogP contribution in [0.1, 0.15) is 0 Å². The molecule has 1 heterocycles. The van der Waals surface area contributed by atoms with Gasteiger partial charge in [-0.15, -0.1) is 0 Å². The summed E-state index contributed by atoms with van der Waals surface area (Å²) in [5.74, 6) is -0.968. The van der Waals surface area contributed by atoms with E-state index in [0.29, 0.717) is 5.69 Å². The van der Waals surface area contributed by atoms with Crippen LogP contribution >= 0.6 is 0 Å². The summed E-state index contributed by atoms with van der Waals surface area (Å²) in [5, 5.41) is 2.82. The molecule has 156 valence electrons. The molecule has 0 radical (unpaired) electrons. The highest BCUT2D eigenvalue weighted by Crippen LogP contribution is 2.26. The molecule has 0 atom stereocenters. The number of hydrogen-bond acceptors (Lipinski definition) is 5. The summed E-state index contributed by atoms with van der Waals surface area (Å²) >= 11 is 0. The highest BCUT2D eigenvalue weighted by atomic mass is 32.2. The lowest BCUT2D eigenvalue weighted by Crippen LogP contribution is -2.44. The van der Waals surface area contributed by atoms with Gasteiger partial charge in [0.1, 0.15) is 5.82 Å². The van der Waals surface area contributed by atoms with Gasteiger partial charge in [0.05, 0.1) is 22.8 Å². The second kappa shape index (κ2) is 8.89. The minimum atomic E-state index is -3.89. The van der Waals surface area contributed by atoms with Gasteiger partial charge in [-0.05, 0) is 43.4 Å². The molecule has 2 aromatic rings. The van der Waals surface area contributed by atoms with E-state index in [0.717, 1.165) is 48.3 Å². The Bertz CT molecular complexity index is 958. The minimum absolute atomic E-state index is 0.0629. The topological polar surface area (TPSA) is 73.0 Å². The third kappa shape index (κ3) is 5.11. The van der Waals surface area contributed by atoms with Gasteiger partial charge in [-0.1, -0.05) is 12.1 Å². The molecule has 0 spiro atoms. The predicted molar refractivity (Wildman–Crippen MR) is 111 cm³/mol. The number of halogens is 1. The zero-order chi connectivity index (χ0) is 21.0. The van der Waals surface area contributed by atoms with Crippen LogP contribution < -0.4 is 10.2 Å². The fourth-order valence-corrected chi connectivity index (χ4v) is 4.29. The molecular weight excluding hydrogens is 395 g/mol. The molecule has 1 fully saturated rings. The SMILES string of the molecule is CN1CCN(c2ccccc2NC(=O)CN(C)S(=O)(=O)c2ccc(F)cc2)CC1. The smallest absolute Gasteiger partial charge is 0.243 e. The molecule has 1 saturated heterocycles. The second-order valence-electron chi connectivity index (χ2n) is 7.07. The van der Waals surface area contributed by atoms with Gasteiger partial charge in [-0.25, -0.2) is 12.8 Å². The van der Waals surface area contributed by atoms with Crippen molar-refractivity contribution in [3.63, 3.8) is 0 Å². The number of hydrogen-bond donors (Lipinski definition) is 1. The number of likely N-dealkylation sites (N-methyl/N-ethyl adjacent to an activating group) is 2. The Kier molecular flexibility index (Phi) is 6.51. The van der Waals surface area contributed by atoms with Crippen molar-refractivity contribution in [2.45, 2.75) is 4.90 Å². The van der Waals surface area contributed by atoms with E-state index in [9.17, 15) is 17.6 Å². The maximum Gasteiger partial charge on any atom is 0.243 e. The average molecular weight is 421 g/mol. The number of nitrogens with zero attached hydrogens (tertiary/aromatic N) is 3. The zero-order valence-electron chi connectivity index (χ0n) is 16.5. The first-order valence-electron chi connectivity index (χ1n) is 9.31. The number of anilines is 2. The van der Waals surface area contributed by atoms with E-state index in [1.807, 2.05) is 18.2 Å². The first-order chi connectivity index (χ1) is 13.8. The Morgan fingerprint density at radius 1 is 1.07 bits per heavy atom. The number of para-hydroxylation sites is 2. The molecular formula is C20H25FN4O3S. The molecule has 3 rings (SSSR count). The first-order valence-corrected chi connectivity index (χ1v) is 10.8. The van der Waals surface area contributed by atoms with Crippen LogP contribution in [-0.2, 0) is 14.8 Å². The first kappa shape index (κ1) is 21.2. The maximum atomic E-state index is 13.1. The summed E-state index contributed by atoms with van der Waals surface area (Å²) in [6.45, 7) is 3.21. The van der Waals surface area contributed by atoms with E-state index >= 15 is 0 Å². The highest BCUT2D eigenvalue weighted by Gasteiger charge is 2.24. The number of carbonyl (C=O) groups is 1. The van der Waals surface area contributed by atoms with Crippen LogP contribution in [0.4, 0.5) is 15.8 Å². The third-order valence-corrected chi connectivity index (χ3v) is 6.73. The zero-order valence-corrected chi connectivity index (χ0v) is 17.3. The second-order valence-corrected chi connectivity index (χ2v) is 9.12. The lowest BCUT2D eigenvalue weighted by Gasteiger charge is -2.35. The molecule has 0 aliphatic carbocycles. The molecule has 1 aliphatic rings. The van der Waals surface area contributed by atoms with Gasteiger partial charge in [-0.2, -0.15) is 4.31 Å². The van der Waals surface area contributed by atoms with E-state index in [2.05, 4.69) is 22.2 Å². The molecule has 0 unspecified atom stereocenters. The van der Waals surface area contributed by atoms with E-state index in [1.54, 1.807) is 6.07 Å². The van der Waals surface area contributed by atoms with Crippen molar-refractivity contribution >= 4 is 27.3 Å². The van der Waals surface area contributed by atoms with Crippen LogP contribution in [0.15, 0.2) is 53.4 Å². The normalized spacial score (nSPS) is 15.5. The van der Waals surface area contributed by atoms with Gasteiger partial charge in [0.2, 0.25) is 15.9 Å². The number of amides is 1. The Morgan fingerprint density at radius 3 is 2.34 bits per heavy atom. The van der Waals surface area contributed by atoms with Crippen LogP contribution in [0.25, 0.3) is 0 Å². The van der Waals surface area contributed by atoms with Crippen molar-refractivity contribution in [3.05, 3.63) is 54.3 Å². The fourth-order valence-electron chi connectivity index (χ4n) is 3.17. The number of carbonyl (C=O) groups excluding carboxylic acids is 1. The van der Waals surface area contributed by atoms with Crippen molar-refractivity contribution < 1.29 is 17.6 Å². The van der Waals surface area contributed by atoms with Crippen LogP contribution in [0.2, 0.25) is 0 Å². The molecule has 0 bridgehead atoms. The molecule has 7 nitrogen and oxygen atoms in total. The summed E-state index contributed by atoms with van der Waals surface area (Å²) in [6, 6.07) is 12.0. The molecule has 1 N–H and O–H groups in total. The van der Waals surface area contributed by atoms with Gasteiger partial charge in [-0.3, -0.25) is 4.79 Å². The number of piperazine rings is 1. The van der Waals surface area contributed by atoms with E-state index in [-0.39, 0.29) is 11.4 Å². The van der Waals surface area contributed by atoms with Gasteiger partial charge in [0.25, 0.3) is 0 Å². The van der Waals surface area contributed by atoms with E-state index in [4.69, 9.17) is 0 Å². The third-order valence-electron chi connectivity index (χ3n) is 4.91. The van der Waals surface area contributed by atoms with Crippen LogP contribution in [0.5, 0.6) is 0 Å². The van der Waals surface area contributed by atoms with Crippen LogP contribution in [0.3, 0.4) is 0 Å². The largest absolute Gasteiger partial charge is 0.367 e. The lowest BCUT2D eigenvalue weighted by atomic mass is 10.2. The van der Waals surface area contributed by atoms with Gasteiger partial charge in [0, 0.05) is 33.2 Å². The number of rotatable bonds is 6. The number of benzene rings is 2. The van der Waals surface area contributed by atoms with Crippen molar-refractivity contribution in [1.29, 1.82) is 0 Å². The van der Waals surface area contributed by atoms with Gasteiger partial charge < -0.3 is 15.1 Å². The van der Waals surface area contributed by atoms with Crippen molar-refractivity contribution in [2.75, 3.05) is 57.0 Å². The van der Waals surface area contributed by atoms with Crippen LogP contribution in [-0.4, -0.2) is 70.3 Å². The van der Waals surface area contributed by atoms with Crippen LogP contribution in [0, 0.1) is 5.82 Å². The standard InChI is InChI=1S/C20H25FN4O3S/c1-23-11-13-25(14-12-23)19-6-4-3-5-18(19)22-20(26)15-24(2)29(27,28)17-9-7-16(21)8-10-17/h3-10H,11-15H2,1-2H3,(H,22,26). The number of nitrogens with one attached hydrogen (secondary N) is 1. The predicted octanol–water partition coefficient (Wildman–Crippen LogP) is 1.84. The molecule has 9 heteroatoms. The Hall–Kier alpha value is -2.49. The summed E-state index contributed by atoms with van der Waals surface area (Å²) in [4.78, 5) is 16.9. The molecule has 1 amide bonds. The van der Waals surface area contributed by atoms with Gasteiger partial charge in [0.15, 0.2) is 0 Å². The average Bonchev–Trinajstić information content (AvgIpc) is 2.69. The van der Waals surface area contributed by atoms with Gasteiger partial charge >= 0.3 is 0 Å². The van der Waals surface area contributed by atoms with Crippen molar-refractivity contribution in [1.82, 2.24) is 9.21 Å². The quantitative estimate of drug-likeness (QED) is 0.772. The summed E-state index contributed by atoms with van der Waals surface area (Å²) in [7, 11) is -0.494. The molecule has 0 aromatic heterocycles. The molecule has 1 aliphatic heterocycles. The highest BCUT2D eigenvalue weighted by molar-refractivity contribution is 7.89. The Morgan fingerprint density at radius 2 is 1.69 bits per heavy atom. The summed E-state index contributed by atoms with van der Waals surface area (Å²) in [6.07, 6.45) is 0. The lowest BCUT2D eigenvalue weighted by molar-refractivity contribution is -0.116. The molecule has 0 saturated carbocycles. The number of sulfonamides is 1. The molecule has 29 heavy (non-hydrogen) atoms. The Labute approximate surface area is 170 Å². The summed E-state index contributed by atoms with van der Waals surface area (Å²) < 4.78 is 39.2. The van der Waals surface area contributed by atoms with Crippen molar-refractivity contribution in [3.8, 4) is 0 Å². The fraction of sp³-hybridized carbons (Fsp3) is 0.350. The Balaban J connectivity index is 1.69. The summed E-state index contributed by atoms with van der Waals surface area (Å²) in [5.41, 5.74) is 1.56. The van der Waals surface area contributed by atoms with E-state index in [1.165, 1.54) is 19.2 Å². The molecule has 2 aromatic carbocycles. The van der Waals surface area contributed by atoms with E-state index < -0.39 is 21.7 Å². The minimum Gasteiger partial charge on any atom is -0.367 e. The monoisotopic (exact) mass is 420 g/mol. The van der Waals surface area contributed by atoms with Crippen molar-refractivity contribution in [2.24, 2.45) is 0 Å².